The minimum absolute atomic E-state index is 0.0458. The number of hydrogen-bond acceptors (Lipinski definition) is 8. The summed E-state index contributed by atoms with van der Waals surface area (Å²) in [6.07, 6.45) is 1.24. The van der Waals surface area contributed by atoms with Gasteiger partial charge in [-0.25, -0.2) is 0 Å². The first-order valence-corrected chi connectivity index (χ1v) is 12.9. The van der Waals surface area contributed by atoms with Gasteiger partial charge in [-0.1, -0.05) is 27.7 Å². The molecule has 0 saturated carbocycles. The molecule has 1 fully saturated rings. The van der Waals surface area contributed by atoms with E-state index in [0.29, 0.717) is 6.42 Å². The molecule has 1 saturated heterocycles. The van der Waals surface area contributed by atoms with Crippen molar-refractivity contribution in [1.82, 2.24) is 20.9 Å². The second-order valence-corrected chi connectivity index (χ2v) is 9.30. The molecule has 37 heavy (non-hydrogen) atoms. The number of carbonyl (C=O) groups excluding carboxylic acids is 6. The van der Waals surface area contributed by atoms with E-state index in [-0.39, 0.29) is 119 Å². The molecular formula is C25H42N4O8. The minimum atomic E-state index is -0.743. The summed E-state index contributed by atoms with van der Waals surface area (Å²) in [7, 11) is 0. The van der Waals surface area contributed by atoms with Crippen LogP contribution in [0, 0.1) is 11.8 Å². The van der Waals surface area contributed by atoms with E-state index in [1.807, 2.05) is 27.7 Å². The zero-order valence-electron chi connectivity index (χ0n) is 22.4. The number of ether oxygens (including phenoxy) is 2. The molecule has 12 heteroatoms. The van der Waals surface area contributed by atoms with Gasteiger partial charge in [-0.15, -0.1) is 0 Å². The molecule has 0 aliphatic carbocycles. The van der Waals surface area contributed by atoms with Crippen LogP contribution in [0.2, 0.25) is 0 Å². The number of amides is 5. The number of rotatable bonds is 19. The van der Waals surface area contributed by atoms with Crippen LogP contribution in [-0.4, -0.2) is 92.3 Å². The molecule has 0 spiro atoms. The Kier molecular flexibility index (Phi) is 15.3. The lowest BCUT2D eigenvalue weighted by Crippen LogP contribution is -2.51. The maximum absolute atomic E-state index is 12.4. The standard InChI is InChI=1S/C25H42N4O8/c1-5-18(4)19(30)16-27-25(35)24(17(2)3)28-21(32)9-12-36-14-15-37-13-10-26-20(31)8-11-29-22(33)6-7-23(29)34/h17-18,24H,5-16H2,1-4H3,(H,26,31)(H,27,35)(H,28,32)/t18?,24-/m0/s1. The Hall–Kier alpha value is -2.86. The summed E-state index contributed by atoms with van der Waals surface area (Å²) in [6.45, 7) is 8.61. The average molecular weight is 527 g/mol. The predicted molar refractivity (Wildman–Crippen MR) is 134 cm³/mol. The smallest absolute Gasteiger partial charge is 0.243 e. The van der Waals surface area contributed by atoms with E-state index in [2.05, 4.69) is 16.0 Å². The highest BCUT2D eigenvalue weighted by Crippen LogP contribution is 2.11. The van der Waals surface area contributed by atoms with Crippen LogP contribution in [0.4, 0.5) is 0 Å². The number of Topliss-reactive ketones (excluding diaryl/α,β-unsaturated/α-hetero) is 1. The van der Waals surface area contributed by atoms with E-state index in [0.717, 1.165) is 4.90 Å². The van der Waals surface area contributed by atoms with E-state index in [1.54, 1.807) is 0 Å². The topological polar surface area (TPSA) is 160 Å². The number of carbonyl (C=O) groups is 6. The SMILES string of the molecule is CCC(C)C(=O)CNC(=O)[C@@H](NC(=O)CCOCCOCCNC(=O)CCN1C(=O)CCC1=O)C(C)C. The van der Waals surface area contributed by atoms with Crippen molar-refractivity contribution in [2.24, 2.45) is 11.8 Å². The summed E-state index contributed by atoms with van der Waals surface area (Å²) in [5.41, 5.74) is 0. The van der Waals surface area contributed by atoms with E-state index >= 15 is 0 Å². The first-order chi connectivity index (χ1) is 17.6. The van der Waals surface area contributed by atoms with Gasteiger partial charge in [0, 0.05) is 44.7 Å². The van der Waals surface area contributed by atoms with Crippen molar-refractivity contribution in [3.05, 3.63) is 0 Å². The lowest BCUT2D eigenvalue weighted by Gasteiger charge is -2.22. The van der Waals surface area contributed by atoms with E-state index in [4.69, 9.17) is 9.47 Å². The van der Waals surface area contributed by atoms with E-state index in [9.17, 15) is 28.8 Å². The molecule has 0 radical (unpaired) electrons. The second kappa shape index (κ2) is 17.6. The van der Waals surface area contributed by atoms with Gasteiger partial charge in [0.1, 0.15) is 6.04 Å². The Labute approximate surface area is 218 Å². The molecule has 1 unspecified atom stereocenters. The third kappa shape index (κ3) is 12.8. The molecule has 0 aromatic rings. The fraction of sp³-hybridized carbons (Fsp3) is 0.760. The molecule has 0 aromatic heterocycles. The lowest BCUT2D eigenvalue weighted by molar-refractivity contribution is -0.138. The van der Waals surface area contributed by atoms with Crippen LogP contribution < -0.4 is 16.0 Å². The van der Waals surface area contributed by atoms with E-state index in [1.165, 1.54) is 0 Å². The Morgan fingerprint density at radius 1 is 0.865 bits per heavy atom. The summed E-state index contributed by atoms with van der Waals surface area (Å²) in [5, 5.41) is 7.96. The van der Waals surface area contributed by atoms with Crippen molar-refractivity contribution in [3.8, 4) is 0 Å². The van der Waals surface area contributed by atoms with Gasteiger partial charge in [0.05, 0.1) is 33.0 Å². The van der Waals surface area contributed by atoms with Gasteiger partial charge >= 0.3 is 0 Å². The van der Waals surface area contributed by atoms with Crippen molar-refractivity contribution < 1.29 is 38.2 Å². The Balaban J connectivity index is 2.10. The van der Waals surface area contributed by atoms with Crippen molar-refractivity contribution in [2.75, 3.05) is 46.1 Å². The van der Waals surface area contributed by atoms with Crippen LogP contribution in [0.3, 0.4) is 0 Å². The molecule has 5 amide bonds. The largest absolute Gasteiger partial charge is 0.379 e. The van der Waals surface area contributed by atoms with Crippen LogP contribution in [-0.2, 0) is 38.2 Å². The normalized spacial score (nSPS) is 15.0. The molecule has 3 N–H and O–H groups in total. The molecule has 210 valence electrons. The number of nitrogens with zero attached hydrogens (tertiary/aromatic N) is 1. The fourth-order valence-electron chi connectivity index (χ4n) is 3.39. The quantitative estimate of drug-likeness (QED) is 0.156. The predicted octanol–water partition coefficient (Wildman–Crippen LogP) is -0.0628. The number of imide groups is 1. The van der Waals surface area contributed by atoms with Crippen molar-refractivity contribution in [1.29, 1.82) is 0 Å². The first-order valence-electron chi connectivity index (χ1n) is 12.9. The number of hydrogen-bond donors (Lipinski definition) is 3. The summed E-state index contributed by atoms with van der Waals surface area (Å²) in [6, 6.07) is -0.743. The van der Waals surface area contributed by atoms with Crippen LogP contribution in [0.25, 0.3) is 0 Å². The zero-order valence-corrected chi connectivity index (χ0v) is 22.4. The molecule has 1 rings (SSSR count). The summed E-state index contributed by atoms with van der Waals surface area (Å²) in [4.78, 5) is 72.5. The maximum Gasteiger partial charge on any atom is 0.243 e. The maximum atomic E-state index is 12.4. The fourth-order valence-corrected chi connectivity index (χ4v) is 3.39. The summed E-state index contributed by atoms with van der Waals surface area (Å²) >= 11 is 0. The van der Waals surface area contributed by atoms with Crippen molar-refractivity contribution >= 4 is 35.3 Å². The Morgan fingerprint density at radius 3 is 2.08 bits per heavy atom. The average Bonchev–Trinajstić information content (AvgIpc) is 3.19. The van der Waals surface area contributed by atoms with Crippen LogP contribution in [0.15, 0.2) is 0 Å². The van der Waals surface area contributed by atoms with Gasteiger partial charge in [-0.3, -0.25) is 33.7 Å². The first kappa shape index (κ1) is 32.2. The van der Waals surface area contributed by atoms with Gasteiger partial charge in [-0.2, -0.15) is 0 Å². The summed E-state index contributed by atoms with van der Waals surface area (Å²) in [5.74, 6) is -1.80. The van der Waals surface area contributed by atoms with Crippen LogP contribution in [0.1, 0.15) is 59.8 Å². The molecule has 1 heterocycles. The van der Waals surface area contributed by atoms with Crippen LogP contribution in [0.5, 0.6) is 0 Å². The molecule has 1 aliphatic heterocycles. The molecule has 1 aliphatic rings. The highest BCUT2D eigenvalue weighted by molar-refractivity contribution is 6.02. The third-order valence-corrected chi connectivity index (χ3v) is 6.00. The molecule has 12 nitrogen and oxygen atoms in total. The lowest BCUT2D eigenvalue weighted by atomic mass is 10.0. The van der Waals surface area contributed by atoms with Crippen molar-refractivity contribution in [2.45, 2.75) is 65.8 Å². The van der Waals surface area contributed by atoms with Gasteiger partial charge in [0.25, 0.3) is 0 Å². The van der Waals surface area contributed by atoms with Gasteiger partial charge < -0.3 is 25.4 Å². The number of likely N-dealkylation sites (tertiary alicyclic amines) is 1. The Bertz CT molecular complexity index is 786. The highest BCUT2D eigenvalue weighted by Gasteiger charge is 2.28. The monoisotopic (exact) mass is 526 g/mol. The molecular weight excluding hydrogens is 484 g/mol. The molecule has 2 atom stereocenters. The Morgan fingerprint density at radius 2 is 1.49 bits per heavy atom. The van der Waals surface area contributed by atoms with Gasteiger partial charge in [0.15, 0.2) is 5.78 Å². The second-order valence-electron chi connectivity index (χ2n) is 9.30. The zero-order chi connectivity index (χ0) is 27.8. The number of ketones is 1. The third-order valence-electron chi connectivity index (χ3n) is 6.00. The van der Waals surface area contributed by atoms with Crippen LogP contribution >= 0.6 is 0 Å². The minimum Gasteiger partial charge on any atom is -0.379 e. The molecule has 0 aromatic carbocycles. The van der Waals surface area contributed by atoms with E-state index < -0.39 is 6.04 Å². The number of nitrogens with one attached hydrogen (secondary N) is 3. The summed E-state index contributed by atoms with van der Waals surface area (Å²) < 4.78 is 10.7. The van der Waals surface area contributed by atoms with Crippen molar-refractivity contribution in [3.63, 3.8) is 0 Å². The highest BCUT2D eigenvalue weighted by atomic mass is 16.5. The van der Waals surface area contributed by atoms with Gasteiger partial charge in [-0.05, 0) is 12.3 Å². The van der Waals surface area contributed by atoms with Gasteiger partial charge in [0.2, 0.25) is 29.5 Å². The molecule has 0 bridgehead atoms.